The molecule has 0 aliphatic heterocycles. The highest BCUT2D eigenvalue weighted by atomic mass is 79.9. The van der Waals surface area contributed by atoms with Crippen LogP contribution in [0, 0.1) is 0 Å². The SMILES string of the molecule is CNNC(=O)Cc1cccc(Br)c1. The lowest BCUT2D eigenvalue weighted by Crippen LogP contribution is -2.35. The van der Waals surface area contributed by atoms with E-state index in [1.165, 1.54) is 0 Å². The normalized spacial score (nSPS) is 9.69. The summed E-state index contributed by atoms with van der Waals surface area (Å²) in [4.78, 5) is 11.1. The smallest absolute Gasteiger partial charge is 0.238 e. The number of hydrazine groups is 1. The summed E-state index contributed by atoms with van der Waals surface area (Å²) >= 11 is 3.34. The maximum Gasteiger partial charge on any atom is 0.238 e. The predicted molar refractivity (Wildman–Crippen MR) is 55.0 cm³/mol. The van der Waals surface area contributed by atoms with Crippen molar-refractivity contribution in [2.75, 3.05) is 7.05 Å². The maximum atomic E-state index is 11.1. The van der Waals surface area contributed by atoms with E-state index in [9.17, 15) is 4.79 Å². The van der Waals surface area contributed by atoms with E-state index in [0.29, 0.717) is 6.42 Å². The molecule has 4 heteroatoms. The van der Waals surface area contributed by atoms with Crippen molar-refractivity contribution in [3.63, 3.8) is 0 Å². The number of hydrogen-bond donors (Lipinski definition) is 2. The monoisotopic (exact) mass is 242 g/mol. The fourth-order valence-electron chi connectivity index (χ4n) is 1.02. The molecule has 0 atom stereocenters. The Balaban J connectivity index is 2.58. The summed E-state index contributed by atoms with van der Waals surface area (Å²) in [6.45, 7) is 0. The molecule has 0 saturated heterocycles. The van der Waals surface area contributed by atoms with Gasteiger partial charge in [0.2, 0.25) is 5.91 Å². The zero-order valence-corrected chi connectivity index (χ0v) is 8.89. The van der Waals surface area contributed by atoms with Crippen LogP contribution in [0.1, 0.15) is 5.56 Å². The summed E-state index contributed by atoms with van der Waals surface area (Å²) in [6, 6.07) is 7.68. The second kappa shape index (κ2) is 4.99. The molecular formula is C9H11BrN2O. The molecule has 0 aromatic heterocycles. The average Bonchev–Trinajstić information content (AvgIpc) is 2.04. The number of amides is 1. The Kier molecular flexibility index (Phi) is 3.92. The molecule has 1 amide bonds. The summed E-state index contributed by atoms with van der Waals surface area (Å²) in [6.07, 6.45) is 0.389. The Morgan fingerprint density at radius 2 is 2.31 bits per heavy atom. The maximum absolute atomic E-state index is 11.1. The van der Waals surface area contributed by atoms with E-state index in [4.69, 9.17) is 0 Å². The fourth-order valence-corrected chi connectivity index (χ4v) is 1.46. The van der Waals surface area contributed by atoms with E-state index < -0.39 is 0 Å². The van der Waals surface area contributed by atoms with Crippen molar-refractivity contribution in [3.05, 3.63) is 34.3 Å². The molecule has 0 fully saturated rings. The van der Waals surface area contributed by atoms with Gasteiger partial charge in [0, 0.05) is 11.5 Å². The summed E-state index contributed by atoms with van der Waals surface area (Å²) in [5.41, 5.74) is 6.09. The van der Waals surface area contributed by atoms with Crippen LogP contribution in [0.4, 0.5) is 0 Å². The molecule has 1 aromatic carbocycles. The van der Waals surface area contributed by atoms with E-state index in [1.54, 1.807) is 7.05 Å². The first-order valence-electron chi connectivity index (χ1n) is 3.92. The van der Waals surface area contributed by atoms with E-state index in [1.807, 2.05) is 24.3 Å². The Hall–Kier alpha value is -0.870. The first-order valence-corrected chi connectivity index (χ1v) is 4.71. The van der Waals surface area contributed by atoms with Crippen LogP contribution in [-0.4, -0.2) is 13.0 Å². The predicted octanol–water partition coefficient (Wildman–Crippen LogP) is 1.24. The minimum atomic E-state index is -0.0411. The zero-order valence-electron chi connectivity index (χ0n) is 7.30. The van der Waals surface area contributed by atoms with Gasteiger partial charge in [0.1, 0.15) is 0 Å². The topological polar surface area (TPSA) is 41.1 Å². The van der Waals surface area contributed by atoms with Crippen LogP contribution in [0.3, 0.4) is 0 Å². The van der Waals surface area contributed by atoms with Crippen LogP contribution >= 0.6 is 15.9 Å². The molecule has 70 valence electrons. The Bertz CT molecular complexity index is 301. The summed E-state index contributed by atoms with van der Waals surface area (Å²) in [7, 11) is 1.67. The third-order valence-corrected chi connectivity index (χ3v) is 2.01. The van der Waals surface area contributed by atoms with Gasteiger partial charge in [-0.05, 0) is 17.7 Å². The van der Waals surface area contributed by atoms with Crippen molar-refractivity contribution in [1.29, 1.82) is 0 Å². The van der Waals surface area contributed by atoms with Gasteiger partial charge in [0.15, 0.2) is 0 Å². The quantitative estimate of drug-likeness (QED) is 0.784. The van der Waals surface area contributed by atoms with Gasteiger partial charge in [-0.1, -0.05) is 28.1 Å². The van der Waals surface area contributed by atoms with Crippen molar-refractivity contribution in [3.8, 4) is 0 Å². The summed E-state index contributed by atoms with van der Waals surface area (Å²) in [5, 5.41) is 0. The largest absolute Gasteiger partial charge is 0.292 e. The molecule has 0 radical (unpaired) electrons. The second-order valence-corrected chi connectivity index (χ2v) is 3.52. The number of benzene rings is 1. The van der Waals surface area contributed by atoms with Crippen molar-refractivity contribution in [2.45, 2.75) is 6.42 Å². The Morgan fingerprint density at radius 3 is 2.92 bits per heavy atom. The number of halogens is 1. The zero-order chi connectivity index (χ0) is 9.68. The number of carbonyl (C=O) groups excluding carboxylic acids is 1. The van der Waals surface area contributed by atoms with Crippen LogP contribution in [0.5, 0.6) is 0 Å². The van der Waals surface area contributed by atoms with Crippen molar-refractivity contribution < 1.29 is 4.79 Å². The standard InChI is InChI=1S/C9H11BrN2O/c1-11-12-9(13)6-7-3-2-4-8(10)5-7/h2-5,11H,6H2,1H3,(H,12,13). The molecule has 0 saturated carbocycles. The van der Waals surface area contributed by atoms with Crippen LogP contribution in [-0.2, 0) is 11.2 Å². The number of nitrogens with one attached hydrogen (secondary N) is 2. The van der Waals surface area contributed by atoms with E-state index in [0.717, 1.165) is 10.0 Å². The van der Waals surface area contributed by atoms with Gasteiger partial charge in [0.05, 0.1) is 6.42 Å². The lowest BCUT2D eigenvalue weighted by Gasteiger charge is -2.02. The van der Waals surface area contributed by atoms with Crippen molar-refractivity contribution in [1.82, 2.24) is 10.9 Å². The van der Waals surface area contributed by atoms with E-state index >= 15 is 0 Å². The minimum absolute atomic E-state index is 0.0411. The van der Waals surface area contributed by atoms with Gasteiger partial charge in [0.25, 0.3) is 0 Å². The fraction of sp³-hybridized carbons (Fsp3) is 0.222. The molecular weight excluding hydrogens is 232 g/mol. The Morgan fingerprint density at radius 1 is 1.54 bits per heavy atom. The molecule has 13 heavy (non-hydrogen) atoms. The highest BCUT2D eigenvalue weighted by Crippen LogP contribution is 2.11. The summed E-state index contributed by atoms with van der Waals surface area (Å²) < 4.78 is 0.988. The van der Waals surface area contributed by atoms with Crippen molar-refractivity contribution in [2.24, 2.45) is 0 Å². The molecule has 0 bridgehead atoms. The third kappa shape index (κ3) is 3.57. The molecule has 3 nitrogen and oxygen atoms in total. The second-order valence-electron chi connectivity index (χ2n) is 2.60. The number of rotatable bonds is 3. The highest BCUT2D eigenvalue weighted by molar-refractivity contribution is 9.10. The third-order valence-electron chi connectivity index (χ3n) is 1.52. The number of carbonyl (C=O) groups is 1. The molecule has 0 aliphatic rings. The van der Waals surface area contributed by atoms with Gasteiger partial charge in [-0.3, -0.25) is 10.2 Å². The molecule has 0 unspecified atom stereocenters. The Labute approximate surface area is 85.6 Å². The highest BCUT2D eigenvalue weighted by Gasteiger charge is 2.01. The lowest BCUT2D eigenvalue weighted by molar-refractivity contribution is -0.121. The minimum Gasteiger partial charge on any atom is -0.292 e. The molecule has 0 spiro atoms. The van der Waals surface area contributed by atoms with Crippen LogP contribution in [0.25, 0.3) is 0 Å². The van der Waals surface area contributed by atoms with E-state index in [-0.39, 0.29) is 5.91 Å². The first kappa shape index (κ1) is 10.2. The summed E-state index contributed by atoms with van der Waals surface area (Å²) in [5.74, 6) is -0.0411. The average molecular weight is 243 g/mol. The van der Waals surface area contributed by atoms with Crippen LogP contribution < -0.4 is 10.9 Å². The van der Waals surface area contributed by atoms with Gasteiger partial charge in [-0.2, -0.15) is 0 Å². The first-order chi connectivity index (χ1) is 6.22. The molecule has 1 rings (SSSR count). The van der Waals surface area contributed by atoms with Gasteiger partial charge in [-0.25, -0.2) is 5.43 Å². The molecule has 0 aliphatic carbocycles. The van der Waals surface area contributed by atoms with Gasteiger partial charge in [-0.15, -0.1) is 0 Å². The molecule has 1 aromatic rings. The molecule has 0 heterocycles. The van der Waals surface area contributed by atoms with Gasteiger partial charge < -0.3 is 0 Å². The van der Waals surface area contributed by atoms with Crippen LogP contribution in [0.15, 0.2) is 28.7 Å². The lowest BCUT2D eigenvalue weighted by atomic mass is 10.1. The molecule has 2 N–H and O–H groups in total. The van der Waals surface area contributed by atoms with Crippen molar-refractivity contribution >= 4 is 21.8 Å². The van der Waals surface area contributed by atoms with Gasteiger partial charge >= 0.3 is 0 Å². The van der Waals surface area contributed by atoms with Crippen LogP contribution in [0.2, 0.25) is 0 Å². The number of hydrogen-bond acceptors (Lipinski definition) is 2. The van der Waals surface area contributed by atoms with E-state index in [2.05, 4.69) is 26.8 Å².